The molecule has 3 nitrogen and oxygen atoms in total. The summed E-state index contributed by atoms with van der Waals surface area (Å²) >= 11 is 0. The van der Waals surface area contributed by atoms with Crippen LogP contribution in [0.5, 0.6) is 0 Å². The van der Waals surface area contributed by atoms with Crippen LogP contribution in [0, 0.1) is 0 Å². The van der Waals surface area contributed by atoms with Crippen LogP contribution in [0.1, 0.15) is 32.9 Å². The third-order valence-electron chi connectivity index (χ3n) is 3.42. The van der Waals surface area contributed by atoms with E-state index in [0.717, 1.165) is 23.2 Å². The van der Waals surface area contributed by atoms with E-state index >= 15 is 0 Å². The van der Waals surface area contributed by atoms with Crippen molar-refractivity contribution in [2.45, 2.75) is 32.6 Å². The minimum atomic E-state index is 0.0514. The van der Waals surface area contributed by atoms with Gasteiger partial charge in [0, 0.05) is 11.0 Å². The van der Waals surface area contributed by atoms with Crippen molar-refractivity contribution in [3.05, 3.63) is 36.0 Å². The highest BCUT2D eigenvalue weighted by Gasteiger charge is 2.26. The fraction of sp³-hybridized carbons (Fsp3) is 0.357. The van der Waals surface area contributed by atoms with Crippen molar-refractivity contribution in [3.8, 4) is 11.1 Å². The number of benzene rings is 1. The molecular formula is C14H19N3. The topological polar surface area (TPSA) is 54.7 Å². The Kier molecular flexibility index (Phi) is 2.92. The molecule has 0 spiro atoms. The number of aromatic nitrogens is 2. The predicted octanol–water partition coefficient (Wildman–Crippen LogP) is 3.35. The van der Waals surface area contributed by atoms with Crippen LogP contribution in [0.25, 0.3) is 11.1 Å². The van der Waals surface area contributed by atoms with Crippen LogP contribution >= 0.6 is 0 Å². The maximum Gasteiger partial charge on any atom is 0.153 e. The number of rotatable bonds is 3. The number of nitrogen functional groups attached to an aromatic ring is 1. The highest BCUT2D eigenvalue weighted by atomic mass is 15.2. The van der Waals surface area contributed by atoms with Crippen LogP contribution in [-0.2, 0) is 5.41 Å². The van der Waals surface area contributed by atoms with Crippen LogP contribution in [0.15, 0.2) is 30.3 Å². The average Bonchev–Trinajstić information content (AvgIpc) is 2.73. The Balaban J connectivity index is 2.59. The highest BCUT2D eigenvalue weighted by Crippen LogP contribution is 2.36. The average molecular weight is 229 g/mol. The van der Waals surface area contributed by atoms with E-state index in [0.29, 0.717) is 5.82 Å². The molecule has 3 N–H and O–H groups in total. The SMILES string of the molecule is CCC(C)(C)c1[nH]nc(N)c1-c1ccccc1. The minimum Gasteiger partial charge on any atom is -0.382 e. The Labute approximate surface area is 102 Å². The molecule has 0 aliphatic carbocycles. The molecule has 0 fully saturated rings. The van der Waals surface area contributed by atoms with Crippen LogP contribution in [0.2, 0.25) is 0 Å². The number of nitrogens with zero attached hydrogens (tertiary/aromatic N) is 1. The summed E-state index contributed by atoms with van der Waals surface area (Å²) < 4.78 is 0. The van der Waals surface area contributed by atoms with Gasteiger partial charge in [0.05, 0.1) is 5.69 Å². The molecule has 2 rings (SSSR count). The van der Waals surface area contributed by atoms with E-state index in [4.69, 9.17) is 5.73 Å². The molecular weight excluding hydrogens is 210 g/mol. The third kappa shape index (κ3) is 2.05. The normalized spacial score (nSPS) is 11.7. The molecule has 0 aliphatic rings. The lowest BCUT2D eigenvalue weighted by Gasteiger charge is -2.22. The lowest BCUT2D eigenvalue weighted by Crippen LogP contribution is -2.17. The highest BCUT2D eigenvalue weighted by molar-refractivity contribution is 5.77. The summed E-state index contributed by atoms with van der Waals surface area (Å²) in [5.74, 6) is 0.577. The Morgan fingerprint density at radius 1 is 1.24 bits per heavy atom. The first-order valence-corrected chi connectivity index (χ1v) is 5.96. The van der Waals surface area contributed by atoms with Crippen molar-refractivity contribution in [2.75, 3.05) is 5.73 Å². The van der Waals surface area contributed by atoms with Gasteiger partial charge in [-0.3, -0.25) is 5.10 Å². The molecule has 2 aromatic rings. The van der Waals surface area contributed by atoms with Crippen molar-refractivity contribution < 1.29 is 0 Å². The number of H-pyrrole nitrogens is 1. The maximum absolute atomic E-state index is 5.98. The van der Waals surface area contributed by atoms with Crippen molar-refractivity contribution in [1.82, 2.24) is 10.2 Å². The van der Waals surface area contributed by atoms with Crippen LogP contribution in [-0.4, -0.2) is 10.2 Å². The van der Waals surface area contributed by atoms with Crippen molar-refractivity contribution in [3.63, 3.8) is 0 Å². The lowest BCUT2D eigenvalue weighted by molar-refractivity contribution is 0.490. The van der Waals surface area contributed by atoms with Gasteiger partial charge < -0.3 is 5.73 Å². The monoisotopic (exact) mass is 229 g/mol. The molecule has 0 saturated carbocycles. The summed E-state index contributed by atoms with van der Waals surface area (Å²) in [5.41, 5.74) is 9.31. The van der Waals surface area contributed by atoms with E-state index in [1.165, 1.54) is 0 Å². The molecule has 0 unspecified atom stereocenters. The zero-order chi connectivity index (χ0) is 12.5. The first-order chi connectivity index (χ1) is 8.06. The van der Waals surface area contributed by atoms with Crippen molar-refractivity contribution in [1.29, 1.82) is 0 Å². The number of hydrogen-bond donors (Lipinski definition) is 2. The molecule has 0 amide bonds. The summed E-state index contributed by atoms with van der Waals surface area (Å²) in [5, 5.41) is 7.25. The largest absolute Gasteiger partial charge is 0.382 e. The second kappa shape index (κ2) is 4.24. The number of nitrogens with two attached hydrogens (primary N) is 1. The number of aromatic amines is 1. The molecule has 0 bridgehead atoms. The van der Waals surface area contributed by atoms with Gasteiger partial charge in [-0.05, 0) is 12.0 Å². The molecule has 17 heavy (non-hydrogen) atoms. The van der Waals surface area contributed by atoms with Gasteiger partial charge in [0.1, 0.15) is 0 Å². The van der Waals surface area contributed by atoms with Gasteiger partial charge in [-0.25, -0.2) is 0 Å². The van der Waals surface area contributed by atoms with Crippen molar-refractivity contribution in [2.24, 2.45) is 0 Å². The maximum atomic E-state index is 5.98. The van der Waals surface area contributed by atoms with E-state index in [9.17, 15) is 0 Å². The molecule has 0 saturated heterocycles. The lowest BCUT2D eigenvalue weighted by atomic mass is 9.83. The Bertz CT molecular complexity index is 497. The van der Waals surface area contributed by atoms with E-state index in [1.807, 2.05) is 18.2 Å². The number of hydrogen-bond acceptors (Lipinski definition) is 2. The van der Waals surface area contributed by atoms with Gasteiger partial charge in [0.25, 0.3) is 0 Å². The summed E-state index contributed by atoms with van der Waals surface area (Å²) in [6.45, 7) is 6.57. The summed E-state index contributed by atoms with van der Waals surface area (Å²) in [6.07, 6.45) is 1.04. The molecule has 1 heterocycles. The van der Waals surface area contributed by atoms with E-state index < -0.39 is 0 Å². The van der Waals surface area contributed by atoms with Crippen LogP contribution in [0.3, 0.4) is 0 Å². The Hall–Kier alpha value is -1.77. The van der Waals surface area contributed by atoms with Gasteiger partial charge in [0.2, 0.25) is 0 Å². The van der Waals surface area contributed by atoms with Crippen LogP contribution < -0.4 is 5.73 Å². The zero-order valence-electron chi connectivity index (χ0n) is 10.6. The van der Waals surface area contributed by atoms with E-state index in [1.54, 1.807) is 0 Å². The summed E-state index contributed by atoms with van der Waals surface area (Å²) in [4.78, 5) is 0. The smallest absolute Gasteiger partial charge is 0.153 e. The standard InChI is InChI=1S/C14H19N3/c1-4-14(2,3)12-11(13(15)17-16-12)10-8-6-5-7-9-10/h5-9H,4H2,1-3H3,(H3,15,16,17). The van der Waals surface area contributed by atoms with Gasteiger partial charge in [-0.1, -0.05) is 51.1 Å². The van der Waals surface area contributed by atoms with Gasteiger partial charge in [-0.15, -0.1) is 0 Å². The molecule has 90 valence electrons. The minimum absolute atomic E-state index is 0.0514. The molecule has 0 aliphatic heterocycles. The Morgan fingerprint density at radius 3 is 2.47 bits per heavy atom. The molecule has 0 radical (unpaired) electrons. The first-order valence-electron chi connectivity index (χ1n) is 5.96. The molecule has 3 heteroatoms. The van der Waals surface area contributed by atoms with E-state index in [-0.39, 0.29) is 5.41 Å². The number of nitrogens with one attached hydrogen (secondary N) is 1. The van der Waals surface area contributed by atoms with Crippen molar-refractivity contribution >= 4 is 5.82 Å². The summed E-state index contributed by atoms with van der Waals surface area (Å²) in [7, 11) is 0. The second-order valence-corrected chi connectivity index (χ2v) is 4.96. The summed E-state index contributed by atoms with van der Waals surface area (Å²) in [6, 6.07) is 10.2. The third-order valence-corrected chi connectivity index (χ3v) is 3.42. The number of anilines is 1. The van der Waals surface area contributed by atoms with E-state index in [2.05, 4.69) is 43.1 Å². The first kappa shape index (κ1) is 11.7. The quantitative estimate of drug-likeness (QED) is 0.848. The molecule has 0 atom stereocenters. The van der Waals surface area contributed by atoms with Gasteiger partial charge in [0.15, 0.2) is 5.82 Å². The Morgan fingerprint density at radius 2 is 1.88 bits per heavy atom. The predicted molar refractivity (Wildman–Crippen MR) is 71.8 cm³/mol. The fourth-order valence-electron chi connectivity index (χ4n) is 1.92. The van der Waals surface area contributed by atoms with Crippen LogP contribution in [0.4, 0.5) is 5.82 Å². The zero-order valence-corrected chi connectivity index (χ0v) is 10.6. The van der Waals surface area contributed by atoms with Gasteiger partial charge in [-0.2, -0.15) is 5.10 Å². The second-order valence-electron chi connectivity index (χ2n) is 4.96. The molecule has 1 aromatic heterocycles. The fourth-order valence-corrected chi connectivity index (χ4v) is 1.92. The molecule has 1 aromatic carbocycles. The van der Waals surface area contributed by atoms with Gasteiger partial charge >= 0.3 is 0 Å².